The van der Waals surface area contributed by atoms with Gasteiger partial charge in [-0.15, -0.1) is 0 Å². The molecule has 0 amide bonds. The average Bonchev–Trinajstić information content (AvgIpc) is 2.39. The molecule has 0 fully saturated rings. The molecular formula is C17H18F3N. The van der Waals surface area contributed by atoms with Crippen LogP contribution in [0.3, 0.4) is 0 Å². The predicted molar refractivity (Wildman–Crippen MR) is 78.1 cm³/mol. The molecule has 0 saturated heterocycles. The highest BCUT2D eigenvalue weighted by molar-refractivity contribution is 5.43. The van der Waals surface area contributed by atoms with Crippen LogP contribution in [0.2, 0.25) is 0 Å². The molecule has 0 saturated carbocycles. The van der Waals surface area contributed by atoms with E-state index in [1.54, 1.807) is 6.92 Å². The van der Waals surface area contributed by atoms with Gasteiger partial charge in [0.05, 0.1) is 11.6 Å². The smallest absolute Gasteiger partial charge is 0.320 e. The van der Waals surface area contributed by atoms with E-state index in [0.29, 0.717) is 5.56 Å². The van der Waals surface area contributed by atoms with Gasteiger partial charge in [0.1, 0.15) is 0 Å². The Morgan fingerprint density at radius 2 is 1.52 bits per heavy atom. The highest BCUT2D eigenvalue weighted by atomic mass is 19.4. The quantitative estimate of drug-likeness (QED) is 0.855. The highest BCUT2D eigenvalue weighted by Gasteiger charge is 2.31. The molecule has 0 heterocycles. The molecule has 0 aliphatic heterocycles. The topological polar surface area (TPSA) is 26.0 Å². The van der Waals surface area contributed by atoms with Crippen molar-refractivity contribution in [1.82, 2.24) is 0 Å². The summed E-state index contributed by atoms with van der Waals surface area (Å²) >= 11 is 0. The summed E-state index contributed by atoms with van der Waals surface area (Å²) in [6.07, 6.45) is -4.33. The summed E-state index contributed by atoms with van der Waals surface area (Å²) in [5.74, 6) is 0. The molecule has 1 nitrogen and oxygen atoms in total. The zero-order valence-electron chi connectivity index (χ0n) is 12.3. The fraction of sp³-hybridized carbons (Fsp3) is 0.294. The molecule has 0 bridgehead atoms. The van der Waals surface area contributed by atoms with Gasteiger partial charge in [-0.2, -0.15) is 13.2 Å². The first-order chi connectivity index (χ1) is 9.70. The maximum atomic E-state index is 12.7. The Morgan fingerprint density at radius 1 is 0.857 bits per heavy atom. The molecule has 2 aromatic carbocycles. The largest absolute Gasteiger partial charge is 0.416 e. The molecule has 1 atom stereocenters. The summed E-state index contributed by atoms with van der Waals surface area (Å²) in [6.45, 7) is 5.58. The van der Waals surface area contributed by atoms with Crippen LogP contribution in [0, 0.1) is 20.8 Å². The fourth-order valence-electron chi connectivity index (χ4n) is 2.46. The van der Waals surface area contributed by atoms with Crippen molar-refractivity contribution in [3.8, 4) is 0 Å². The van der Waals surface area contributed by atoms with Crippen LogP contribution >= 0.6 is 0 Å². The Hall–Kier alpha value is -1.81. The van der Waals surface area contributed by atoms with Crippen LogP contribution in [0.1, 0.15) is 39.4 Å². The zero-order valence-corrected chi connectivity index (χ0v) is 12.3. The molecule has 2 N–H and O–H groups in total. The number of halogens is 3. The third-order valence-corrected chi connectivity index (χ3v) is 3.70. The number of hydrogen-bond donors (Lipinski definition) is 1. The number of nitrogens with two attached hydrogens (primary N) is 1. The van der Waals surface area contributed by atoms with Crippen LogP contribution in [0.25, 0.3) is 0 Å². The van der Waals surface area contributed by atoms with E-state index in [4.69, 9.17) is 5.73 Å². The first-order valence-corrected chi connectivity index (χ1v) is 6.70. The molecule has 21 heavy (non-hydrogen) atoms. The minimum atomic E-state index is -4.33. The van der Waals surface area contributed by atoms with Gasteiger partial charge < -0.3 is 5.73 Å². The summed E-state index contributed by atoms with van der Waals surface area (Å²) in [4.78, 5) is 0. The van der Waals surface area contributed by atoms with Crippen molar-refractivity contribution in [2.75, 3.05) is 0 Å². The monoisotopic (exact) mass is 293 g/mol. The maximum Gasteiger partial charge on any atom is 0.416 e. The molecule has 1 unspecified atom stereocenters. The van der Waals surface area contributed by atoms with E-state index in [0.717, 1.165) is 34.4 Å². The Bertz CT molecular complexity index is 660. The Kier molecular flexibility index (Phi) is 4.10. The molecule has 0 aliphatic carbocycles. The summed E-state index contributed by atoms with van der Waals surface area (Å²) in [7, 11) is 0. The predicted octanol–water partition coefficient (Wildman–Crippen LogP) is 4.68. The molecule has 2 rings (SSSR count). The van der Waals surface area contributed by atoms with Crippen LogP contribution in [-0.4, -0.2) is 0 Å². The van der Waals surface area contributed by atoms with Gasteiger partial charge >= 0.3 is 6.18 Å². The van der Waals surface area contributed by atoms with Gasteiger partial charge in [0.2, 0.25) is 0 Å². The van der Waals surface area contributed by atoms with Crippen molar-refractivity contribution in [3.05, 3.63) is 69.8 Å². The Balaban J connectivity index is 2.44. The number of hydrogen-bond acceptors (Lipinski definition) is 1. The van der Waals surface area contributed by atoms with E-state index < -0.39 is 17.8 Å². The van der Waals surface area contributed by atoms with Gasteiger partial charge in [-0.3, -0.25) is 0 Å². The van der Waals surface area contributed by atoms with E-state index in [1.165, 1.54) is 6.07 Å². The average molecular weight is 293 g/mol. The molecule has 4 heteroatoms. The Morgan fingerprint density at radius 3 is 2.10 bits per heavy atom. The van der Waals surface area contributed by atoms with Gasteiger partial charge in [-0.05, 0) is 55.2 Å². The van der Waals surface area contributed by atoms with E-state index in [2.05, 4.69) is 0 Å². The lowest BCUT2D eigenvalue weighted by Crippen LogP contribution is -2.16. The van der Waals surface area contributed by atoms with Crippen LogP contribution in [0.5, 0.6) is 0 Å². The van der Waals surface area contributed by atoms with Crippen LogP contribution in [-0.2, 0) is 6.18 Å². The van der Waals surface area contributed by atoms with Crippen LogP contribution < -0.4 is 5.73 Å². The number of benzene rings is 2. The number of alkyl halides is 3. The lowest BCUT2D eigenvalue weighted by molar-refractivity contribution is -0.137. The lowest BCUT2D eigenvalue weighted by atomic mass is 9.91. The summed E-state index contributed by atoms with van der Waals surface area (Å²) in [5.41, 5.74) is 9.95. The molecule has 0 radical (unpaired) electrons. The molecule has 0 aromatic heterocycles. The molecule has 0 spiro atoms. The van der Waals surface area contributed by atoms with Gasteiger partial charge in [0.15, 0.2) is 0 Å². The van der Waals surface area contributed by atoms with E-state index >= 15 is 0 Å². The second kappa shape index (κ2) is 5.53. The SMILES string of the molecule is Cc1ccc(C)c(C(N)c2ccc(C(F)(F)F)cc2C)c1. The normalized spacial score (nSPS) is 13.3. The summed E-state index contributed by atoms with van der Waals surface area (Å²) < 4.78 is 38.1. The van der Waals surface area contributed by atoms with Crippen molar-refractivity contribution in [1.29, 1.82) is 0 Å². The van der Waals surface area contributed by atoms with Gasteiger partial charge in [0, 0.05) is 0 Å². The summed E-state index contributed by atoms with van der Waals surface area (Å²) in [6, 6.07) is 9.25. The van der Waals surface area contributed by atoms with Gasteiger partial charge in [-0.25, -0.2) is 0 Å². The highest BCUT2D eigenvalue weighted by Crippen LogP contribution is 2.33. The maximum absolute atomic E-state index is 12.7. The van der Waals surface area contributed by atoms with Crippen molar-refractivity contribution in [3.63, 3.8) is 0 Å². The molecule has 2 aromatic rings. The van der Waals surface area contributed by atoms with Crippen molar-refractivity contribution >= 4 is 0 Å². The van der Waals surface area contributed by atoms with E-state index in [1.807, 2.05) is 32.0 Å². The third kappa shape index (κ3) is 3.27. The molecular weight excluding hydrogens is 275 g/mol. The van der Waals surface area contributed by atoms with Crippen LogP contribution in [0.15, 0.2) is 36.4 Å². The fourth-order valence-corrected chi connectivity index (χ4v) is 2.46. The van der Waals surface area contributed by atoms with Crippen molar-refractivity contribution in [2.45, 2.75) is 33.0 Å². The third-order valence-electron chi connectivity index (χ3n) is 3.70. The number of rotatable bonds is 2. The lowest BCUT2D eigenvalue weighted by Gasteiger charge is -2.19. The zero-order chi connectivity index (χ0) is 15.8. The second-order valence-electron chi connectivity index (χ2n) is 5.41. The van der Waals surface area contributed by atoms with Crippen LogP contribution in [0.4, 0.5) is 13.2 Å². The first kappa shape index (κ1) is 15.6. The van der Waals surface area contributed by atoms with Gasteiger partial charge in [0.25, 0.3) is 0 Å². The summed E-state index contributed by atoms with van der Waals surface area (Å²) in [5, 5.41) is 0. The van der Waals surface area contributed by atoms with Gasteiger partial charge in [-0.1, -0.05) is 29.8 Å². The minimum absolute atomic E-state index is 0.424. The molecule has 112 valence electrons. The Labute approximate surface area is 122 Å². The second-order valence-corrected chi connectivity index (χ2v) is 5.41. The number of aryl methyl sites for hydroxylation is 3. The molecule has 0 aliphatic rings. The standard InChI is InChI=1S/C17H18F3N/c1-10-4-5-11(2)15(8-10)16(21)14-7-6-13(9-12(14)3)17(18,19)20/h4-9,16H,21H2,1-3H3. The van der Waals surface area contributed by atoms with E-state index in [9.17, 15) is 13.2 Å². The minimum Gasteiger partial charge on any atom is -0.320 e. The van der Waals surface area contributed by atoms with Crippen molar-refractivity contribution in [2.24, 2.45) is 5.73 Å². The van der Waals surface area contributed by atoms with Crippen molar-refractivity contribution < 1.29 is 13.2 Å². The van der Waals surface area contributed by atoms with E-state index in [-0.39, 0.29) is 0 Å². The first-order valence-electron chi connectivity index (χ1n) is 6.70.